The highest BCUT2D eigenvalue weighted by molar-refractivity contribution is 7.72. The first-order valence-corrected chi connectivity index (χ1v) is 8.58. The van der Waals surface area contributed by atoms with Crippen LogP contribution in [0.15, 0.2) is 60.7 Å². The molecule has 2 heteroatoms. The molecule has 0 saturated carbocycles. The molecule has 1 fully saturated rings. The summed E-state index contributed by atoms with van der Waals surface area (Å²) in [5.41, 5.74) is 0. The fourth-order valence-corrected chi connectivity index (χ4v) is 3.50. The highest BCUT2D eigenvalue weighted by Gasteiger charge is 2.05. The summed E-state index contributed by atoms with van der Waals surface area (Å²) in [7, 11) is -0.171. The Labute approximate surface area is 117 Å². The standard InChI is InChI=1S/C13H13P.C4H8O/c1-14(12-8-4-2-5-9-12)13-10-6-3-7-11-13;1-2-4-5-3-1/h2-11H,1H3;1-4H2. The van der Waals surface area contributed by atoms with E-state index < -0.39 is 0 Å². The Morgan fingerprint density at radius 2 is 1.16 bits per heavy atom. The molecule has 0 unspecified atom stereocenters. The Kier molecular flexibility index (Phi) is 6.07. The van der Waals surface area contributed by atoms with Gasteiger partial charge in [-0.15, -0.1) is 0 Å². The van der Waals surface area contributed by atoms with Gasteiger partial charge in [-0.25, -0.2) is 0 Å². The maximum absolute atomic E-state index is 4.94. The van der Waals surface area contributed by atoms with E-state index in [1.165, 1.54) is 23.5 Å². The molecule has 1 nitrogen and oxygen atoms in total. The Bertz CT molecular complexity index is 404. The second-order valence-corrected chi connectivity index (χ2v) is 6.70. The van der Waals surface area contributed by atoms with Gasteiger partial charge >= 0.3 is 0 Å². The van der Waals surface area contributed by atoms with E-state index in [-0.39, 0.29) is 7.92 Å². The molecule has 2 aromatic carbocycles. The molecule has 19 heavy (non-hydrogen) atoms. The van der Waals surface area contributed by atoms with E-state index in [4.69, 9.17) is 4.74 Å². The summed E-state index contributed by atoms with van der Waals surface area (Å²) in [6.07, 6.45) is 2.56. The van der Waals surface area contributed by atoms with Crippen LogP contribution in [0.3, 0.4) is 0 Å². The minimum absolute atomic E-state index is 0.171. The molecule has 3 rings (SSSR count). The van der Waals surface area contributed by atoms with Gasteiger partial charge in [-0.3, -0.25) is 0 Å². The molecule has 100 valence electrons. The molecule has 1 heterocycles. The zero-order valence-corrected chi connectivity index (χ0v) is 12.4. The van der Waals surface area contributed by atoms with E-state index in [0.717, 1.165) is 13.2 Å². The van der Waals surface area contributed by atoms with E-state index in [2.05, 4.69) is 67.3 Å². The second kappa shape index (κ2) is 8.09. The zero-order chi connectivity index (χ0) is 13.3. The van der Waals surface area contributed by atoms with Crippen molar-refractivity contribution < 1.29 is 4.74 Å². The van der Waals surface area contributed by atoms with Crippen molar-refractivity contribution in [2.75, 3.05) is 19.9 Å². The van der Waals surface area contributed by atoms with Gasteiger partial charge in [0, 0.05) is 13.2 Å². The molecule has 0 amide bonds. The summed E-state index contributed by atoms with van der Waals surface area (Å²) in [4.78, 5) is 0. The third kappa shape index (κ3) is 4.78. The molecular weight excluding hydrogens is 251 g/mol. The molecule has 0 N–H and O–H groups in total. The van der Waals surface area contributed by atoms with Gasteiger partial charge in [0.2, 0.25) is 0 Å². The molecule has 0 atom stereocenters. The lowest BCUT2D eigenvalue weighted by Crippen LogP contribution is -2.09. The topological polar surface area (TPSA) is 9.23 Å². The number of rotatable bonds is 2. The highest BCUT2D eigenvalue weighted by atomic mass is 31.1. The van der Waals surface area contributed by atoms with E-state index in [1.54, 1.807) is 0 Å². The third-order valence-corrected chi connectivity index (χ3v) is 5.26. The zero-order valence-electron chi connectivity index (χ0n) is 11.5. The van der Waals surface area contributed by atoms with E-state index in [1.807, 2.05) is 0 Å². The Morgan fingerprint density at radius 3 is 1.47 bits per heavy atom. The average molecular weight is 272 g/mol. The molecule has 0 radical (unpaired) electrons. The summed E-state index contributed by atoms with van der Waals surface area (Å²) in [5, 5.41) is 2.88. The van der Waals surface area contributed by atoms with E-state index in [9.17, 15) is 0 Å². The van der Waals surface area contributed by atoms with Crippen molar-refractivity contribution in [1.82, 2.24) is 0 Å². The maximum Gasteiger partial charge on any atom is 0.0466 e. The van der Waals surface area contributed by atoms with Crippen molar-refractivity contribution in [3.63, 3.8) is 0 Å². The Balaban J connectivity index is 0.000000224. The first-order valence-electron chi connectivity index (χ1n) is 6.79. The van der Waals surface area contributed by atoms with Gasteiger partial charge in [0.25, 0.3) is 0 Å². The molecule has 1 aliphatic heterocycles. The third-order valence-electron chi connectivity index (χ3n) is 3.11. The van der Waals surface area contributed by atoms with Crippen LogP contribution >= 0.6 is 7.92 Å². The average Bonchev–Trinajstić information content (AvgIpc) is 3.08. The summed E-state index contributed by atoms with van der Waals surface area (Å²) in [5.74, 6) is 0. The SMILES string of the molecule is C1CCOC1.CP(c1ccccc1)c1ccccc1. The maximum atomic E-state index is 4.94. The van der Waals surface area contributed by atoms with Crippen LogP contribution in [-0.2, 0) is 4.74 Å². The van der Waals surface area contributed by atoms with Crippen molar-refractivity contribution in [1.29, 1.82) is 0 Å². The van der Waals surface area contributed by atoms with Crippen LogP contribution in [0.4, 0.5) is 0 Å². The summed E-state index contributed by atoms with van der Waals surface area (Å²) >= 11 is 0. The van der Waals surface area contributed by atoms with Gasteiger partial charge in [-0.1, -0.05) is 60.7 Å². The van der Waals surface area contributed by atoms with Crippen LogP contribution in [0.5, 0.6) is 0 Å². The van der Waals surface area contributed by atoms with E-state index >= 15 is 0 Å². The molecule has 0 aromatic heterocycles. The largest absolute Gasteiger partial charge is 0.381 e. The first-order chi connectivity index (χ1) is 9.38. The number of benzene rings is 2. The van der Waals surface area contributed by atoms with Crippen LogP contribution in [0.25, 0.3) is 0 Å². The van der Waals surface area contributed by atoms with Crippen LogP contribution < -0.4 is 10.6 Å². The molecule has 0 spiro atoms. The summed E-state index contributed by atoms with van der Waals surface area (Å²) in [6, 6.07) is 21.4. The predicted octanol–water partition coefficient (Wildman–Crippen LogP) is 3.55. The first kappa shape index (κ1) is 14.2. The highest BCUT2D eigenvalue weighted by Crippen LogP contribution is 2.27. The van der Waals surface area contributed by atoms with Gasteiger partial charge in [0.15, 0.2) is 0 Å². The van der Waals surface area contributed by atoms with Gasteiger partial charge in [-0.05, 0) is 38.0 Å². The van der Waals surface area contributed by atoms with Crippen molar-refractivity contribution >= 4 is 18.5 Å². The Morgan fingerprint density at radius 1 is 0.737 bits per heavy atom. The van der Waals surface area contributed by atoms with Crippen molar-refractivity contribution in [2.45, 2.75) is 12.8 Å². The summed E-state index contributed by atoms with van der Waals surface area (Å²) in [6.45, 7) is 4.31. The number of ether oxygens (including phenoxy) is 1. The monoisotopic (exact) mass is 272 g/mol. The fraction of sp³-hybridized carbons (Fsp3) is 0.294. The second-order valence-electron chi connectivity index (χ2n) is 4.55. The smallest absolute Gasteiger partial charge is 0.0466 e. The van der Waals surface area contributed by atoms with Crippen LogP contribution in [-0.4, -0.2) is 19.9 Å². The number of hydrogen-bond acceptors (Lipinski definition) is 1. The lowest BCUT2D eigenvalue weighted by atomic mass is 10.4. The minimum atomic E-state index is -0.171. The van der Waals surface area contributed by atoms with Gasteiger partial charge < -0.3 is 4.74 Å². The fourth-order valence-electron chi connectivity index (χ4n) is 1.96. The van der Waals surface area contributed by atoms with Crippen molar-refractivity contribution in [3.05, 3.63) is 60.7 Å². The Hall–Kier alpha value is -1.17. The van der Waals surface area contributed by atoms with Crippen LogP contribution in [0, 0.1) is 0 Å². The molecule has 1 saturated heterocycles. The van der Waals surface area contributed by atoms with Crippen LogP contribution in [0.1, 0.15) is 12.8 Å². The molecule has 0 aliphatic carbocycles. The molecule has 1 aliphatic rings. The number of hydrogen-bond donors (Lipinski definition) is 0. The normalized spacial score (nSPS) is 14.0. The van der Waals surface area contributed by atoms with Crippen LogP contribution in [0.2, 0.25) is 0 Å². The van der Waals surface area contributed by atoms with Gasteiger partial charge in [-0.2, -0.15) is 0 Å². The predicted molar refractivity (Wildman–Crippen MR) is 85.0 cm³/mol. The lowest BCUT2D eigenvalue weighted by molar-refractivity contribution is 0.198. The van der Waals surface area contributed by atoms with Gasteiger partial charge in [0.1, 0.15) is 0 Å². The molecule has 0 bridgehead atoms. The minimum Gasteiger partial charge on any atom is -0.381 e. The van der Waals surface area contributed by atoms with Crippen molar-refractivity contribution in [3.8, 4) is 0 Å². The summed E-state index contributed by atoms with van der Waals surface area (Å²) < 4.78 is 4.94. The van der Waals surface area contributed by atoms with Crippen molar-refractivity contribution in [2.24, 2.45) is 0 Å². The molecule has 2 aromatic rings. The quantitative estimate of drug-likeness (QED) is 0.760. The van der Waals surface area contributed by atoms with Gasteiger partial charge in [0.05, 0.1) is 0 Å². The van der Waals surface area contributed by atoms with E-state index in [0.29, 0.717) is 0 Å². The molecular formula is C17H21OP. The lowest BCUT2D eigenvalue weighted by Gasteiger charge is -2.12.